The number of benzene rings is 5. The average molecular weight is 386 g/mol. The van der Waals surface area contributed by atoms with E-state index in [0.717, 1.165) is 11.3 Å². The summed E-state index contributed by atoms with van der Waals surface area (Å²) in [6.07, 6.45) is 0. The fourth-order valence-electron chi connectivity index (χ4n) is 5.54. The molecule has 0 heterocycles. The van der Waals surface area contributed by atoms with Crippen LogP contribution in [0.2, 0.25) is 0 Å². The van der Waals surface area contributed by atoms with Crippen molar-refractivity contribution in [2.75, 3.05) is 7.11 Å². The van der Waals surface area contributed by atoms with Crippen LogP contribution in [0, 0.1) is 0 Å². The first-order valence-corrected chi connectivity index (χ1v) is 10.2. The van der Waals surface area contributed by atoms with Gasteiger partial charge in [-0.3, -0.25) is 0 Å². The average Bonchev–Trinajstić information content (AvgIpc) is 3.31. The molecule has 5 aromatic carbocycles. The number of rotatable bonds is 2. The van der Waals surface area contributed by atoms with Gasteiger partial charge in [-0.25, -0.2) is 0 Å². The third kappa shape index (κ3) is 1.79. The number of hydrogen-bond acceptors (Lipinski definition) is 2. The SMILES string of the molecule is COc1ccc2c(c1)-c1ccc3c4c(c5ccccc5c-2c14)-c1cc(CO)ccc1-3. The summed E-state index contributed by atoms with van der Waals surface area (Å²) in [6, 6.07) is 26.0. The van der Waals surface area contributed by atoms with Crippen molar-refractivity contribution in [1.82, 2.24) is 0 Å². The van der Waals surface area contributed by atoms with Gasteiger partial charge in [-0.05, 0) is 89.8 Å². The second-order valence-corrected chi connectivity index (χ2v) is 8.16. The smallest absolute Gasteiger partial charge is 0.119 e. The van der Waals surface area contributed by atoms with E-state index in [1.54, 1.807) is 7.11 Å². The summed E-state index contributed by atoms with van der Waals surface area (Å²) in [5, 5.41) is 15.0. The molecule has 2 aliphatic carbocycles. The van der Waals surface area contributed by atoms with Gasteiger partial charge in [-0.1, -0.05) is 54.6 Å². The van der Waals surface area contributed by atoms with Crippen LogP contribution in [0.15, 0.2) is 72.8 Å². The molecule has 0 aliphatic heterocycles. The second-order valence-electron chi connectivity index (χ2n) is 8.16. The van der Waals surface area contributed by atoms with Crippen molar-refractivity contribution >= 4 is 21.5 Å². The molecule has 30 heavy (non-hydrogen) atoms. The molecule has 0 saturated heterocycles. The molecule has 0 fully saturated rings. The van der Waals surface area contributed by atoms with E-state index in [1.807, 2.05) is 6.07 Å². The summed E-state index contributed by atoms with van der Waals surface area (Å²) < 4.78 is 5.53. The molecule has 2 heteroatoms. The molecule has 0 radical (unpaired) electrons. The van der Waals surface area contributed by atoms with E-state index in [2.05, 4.69) is 66.7 Å². The van der Waals surface area contributed by atoms with Gasteiger partial charge < -0.3 is 9.84 Å². The Labute approximate surface area is 174 Å². The van der Waals surface area contributed by atoms with E-state index < -0.39 is 0 Å². The third-order valence-corrected chi connectivity index (χ3v) is 6.78. The minimum atomic E-state index is 0.0548. The molecule has 1 N–H and O–H groups in total. The van der Waals surface area contributed by atoms with E-state index in [4.69, 9.17) is 4.74 Å². The van der Waals surface area contributed by atoms with Gasteiger partial charge in [-0.2, -0.15) is 0 Å². The van der Waals surface area contributed by atoms with Crippen LogP contribution >= 0.6 is 0 Å². The second kappa shape index (κ2) is 5.50. The minimum absolute atomic E-state index is 0.0548. The quantitative estimate of drug-likeness (QED) is 0.332. The maximum atomic E-state index is 9.75. The van der Waals surface area contributed by atoms with E-state index in [1.165, 1.54) is 66.1 Å². The Balaban J connectivity index is 1.74. The zero-order valence-corrected chi connectivity index (χ0v) is 16.5. The van der Waals surface area contributed by atoms with Crippen molar-refractivity contribution in [2.24, 2.45) is 0 Å². The Hall–Kier alpha value is -3.62. The highest BCUT2D eigenvalue weighted by Crippen LogP contribution is 2.59. The van der Waals surface area contributed by atoms with Crippen LogP contribution in [0.3, 0.4) is 0 Å². The lowest BCUT2D eigenvalue weighted by Gasteiger charge is -2.12. The van der Waals surface area contributed by atoms with Crippen molar-refractivity contribution in [3.05, 3.63) is 78.4 Å². The van der Waals surface area contributed by atoms with Crippen molar-refractivity contribution in [1.29, 1.82) is 0 Å². The summed E-state index contributed by atoms with van der Waals surface area (Å²) in [4.78, 5) is 0. The summed E-state index contributed by atoms with van der Waals surface area (Å²) >= 11 is 0. The first kappa shape index (κ1) is 16.2. The molecule has 7 rings (SSSR count). The monoisotopic (exact) mass is 386 g/mol. The van der Waals surface area contributed by atoms with Gasteiger partial charge in [0.2, 0.25) is 0 Å². The fourth-order valence-corrected chi connectivity index (χ4v) is 5.54. The predicted octanol–water partition coefficient (Wildman–Crippen LogP) is 6.79. The first-order chi connectivity index (χ1) is 14.8. The molecule has 0 amide bonds. The zero-order chi connectivity index (χ0) is 20.0. The van der Waals surface area contributed by atoms with Crippen LogP contribution in [0.1, 0.15) is 5.56 Å². The van der Waals surface area contributed by atoms with Crippen LogP contribution < -0.4 is 4.74 Å². The van der Waals surface area contributed by atoms with E-state index in [0.29, 0.717) is 0 Å². The van der Waals surface area contributed by atoms with E-state index >= 15 is 0 Å². The van der Waals surface area contributed by atoms with Gasteiger partial charge in [0.25, 0.3) is 0 Å². The third-order valence-electron chi connectivity index (χ3n) is 6.78. The Kier molecular flexibility index (Phi) is 2.97. The minimum Gasteiger partial charge on any atom is -0.497 e. The van der Waals surface area contributed by atoms with Crippen molar-refractivity contribution in [2.45, 2.75) is 6.61 Å². The van der Waals surface area contributed by atoms with Crippen LogP contribution in [0.5, 0.6) is 5.75 Å². The Morgan fingerprint density at radius 2 is 1.27 bits per heavy atom. The molecule has 142 valence electrons. The van der Waals surface area contributed by atoms with Crippen LogP contribution in [-0.4, -0.2) is 12.2 Å². The van der Waals surface area contributed by atoms with Crippen LogP contribution in [0.25, 0.3) is 66.1 Å². The molecular weight excluding hydrogens is 368 g/mol. The number of methoxy groups -OCH3 is 1. The fraction of sp³-hybridized carbons (Fsp3) is 0.0714. The summed E-state index contributed by atoms with van der Waals surface area (Å²) in [7, 11) is 1.72. The molecule has 0 bridgehead atoms. The predicted molar refractivity (Wildman–Crippen MR) is 123 cm³/mol. The van der Waals surface area contributed by atoms with Crippen LogP contribution in [-0.2, 0) is 6.61 Å². The van der Waals surface area contributed by atoms with Gasteiger partial charge in [0.1, 0.15) is 5.75 Å². The van der Waals surface area contributed by atoms with Gasteiger partial charge >= 0.3 is 0 Å². The molecule has 0 saturated carbocycles. The molecule has 2 nitrogen and oxygen atoms in total. The zero-order valence-electron chi connectivity index (χ0n) is 16.5. The number of aliphatic hydroxyl groups is 1. The largest absolute Gasteiger partial charge is 0.497 e. The summed E-state index contributed by atoms with van der Waals surface area (Å²) in [6.45, 7) is 0.0548. The lowest BCUT2D eigenvalue weighted by atomic mass is 9.90. The van der Waals surface area contributed by atoms with Gasteiger partial charge in [0.05, 0.1) is 13.7 Å². The Bertz CT molecular complexity index is 1560. The van der Waals surface area contributed by atoms with E-state index in [-0.39, 0.29) is 6.61 Å². The topological polar surface area (TPSA) is 29.5 Å². The Morgan fingerprint density at radius 3 is 1.97 bits per heavy atom. The Morgan fingerprint density at radius 1 is 0.633 bits per heavy atom. The molecule has 0 unspecified atom stereocenters. The number of ether oxygens (including phenoxy) is 1. The molecule has 5 aromatic rings. The molecular formula is C28H18O2. The number of fused-ring (bicyclic) bond motifs is 9. The van der Waals surface area contributed by atoms with Crippen molar-refractivity contribution in [3.63, 3.8) is 0 Å². The summed E-state index contributed by atoms with van der Waals surface area (Å²) in [5.41, 5.74) is 11.1. The normalized spacial score (nSPS) is 12.5. The highest BCUT2D eigenvalue weighted by molar-refractivity contribution is 6.34. The molecule has 0 aromatic heterocycles. The van der Waals surface area contributed by atoms with Gasteiger partial charge in [0.15, 0.2) is 0 Å². The van der Waals surface area contributed by atoms with Gasteiger partial charge in [-0.15, -0.1) is 0 Å². The van der Waals surface area contributed by atoms with Crippen LogP contribution in [0.4, 0.5) is 0 Å². The summed E-state index contributed by atoms with van der Waals surface area (Å²) in [5.74, 6) is 0.883. The molecule has 2 aliphatic rings. The first-order valence-electron chi connectivity index (χ1n) is 10.2. The highest BCUT2D eigenvalue weighted by Gasteiger charge is 2.32. The molecule has 0 atom stereocenters. The number of aliphatic hydroxyl groups excluding tert-OH is 1. The maximum absolute atomic E-state index is 9.75. The maximum Gasteiger partial charge on any atom is 0.119 e. The molecule has 0 spiro atoms. The van der Waals surface area contributed by atoms with E-state index in [9.17, 15) is 5.11 Å². The van der Waals surface area contributed by atoms with Crippen molar-refractivity contribution < 1.29 is 9.84 Å². The highest BCUT2D eigenvalue weighted by atomic mass is 16.5. The van der Waals surface area contributed by atoms with Gasteiger partial charge in [0, 0.05) is 0 Å². The lowest BCUT2D eigenvalue weighted by molar-refractivity contribution is 0.282. The number of hydrogen-bond donors (Lipinski definition) is 1. The lowest BCUT2D eigenvalue weighted by Crippen LogP contribution is -1.87. The van der Waals surface area contributed by atoms with Crippen molar-refractivity contribution in [3.8, 4) is 50.3 Å². The standard InChI is InChI=1S/C28H18O2/c1-30-16-7-9-21-23(13-16)22-11-10-20-17-8-6-15(14-29)12-24(17)26-19-5-3-2-4-18(19)25(21)28(22)27(20)26/h2-13,29H,14H2,1H3.